The zero-order valence-corrected chi connectivity index (χ0v) is 13.7. The molecule has 0 radical (unpaired) electrons. The van der Waals surface area contributed by atoms with E-state index >= 15 is 0 Å². The summed E-state index contributed by atoms with van der Waals surface area (Å²) in [6.07, 6.45) is 0. The first kappa shape index (κ1) is 14.7. The minimum absolute atomic E-state index is 0.266. The molecular weight excluding hydrogens is 314 g/mol. The Morgan fingerprint density at radius 1 is 0.667 bits per heavy atom. The van der Waals surface area contributed by atoms with Crippen LogP contribution in [0.4, 0.5) is 0 Å². The number of aromatic nitrogens is 1. The fourth-order valence-corrected chi connectivity index (χ4v) is 3.35. The number of aromatic hydroxyl groups is 1. The number of thiophene rings is 1. The molecule has 4 rings (SSSR count). The van der Waals surface area contributed by atoms with Gasteiger partial charge >= 0.3 is 0 Å². The average molecular weight is 329 g/mol. The van der Waals surface area contributed by atoms with Gasteiger partial charge in [-0.25, -0.2) is 4.98 Å². The fraction of sp³-hybridized carbons (Fsp3) is 0. The number of phenolic OH excluding ortho intramolecular Hbond substituents is 1. The third-order valence-corrected chi connectivity index (χ3v) is 4.57. The van der Waals surface area contributed by atoms with Gasteiger partial charge in [0.1, 0.15) is 5.75 Å². The molecule has 2 aromatic heterocycles. The first-order chi connectivity index (χ1) is 11.8. The summed E-state index contributed by atoms with van der Waals surface area (Å²) in [6, 6.07) is 23.7. The SMILES string of the molecule is Oc1cccc(-c2cc(-c3ccccc3)nc(-c3ccsc3)c2)c1. The van der Waals surface area contributed by atoms with Gasteiger partial charge in [0.25, 0.3) is 0 Å². The summed E-state index contributed by atoms with van der Waals surface area (Å²) in [5.74, 6) is 0.266. The van der Waals surface area contributed by atoms with Crippen molar-refractivity contribution in [2.75, 3.05) is 0 Å². The van der Waals surface area contributed by atoms with Crippen LogP contribution >= 0.6 is 11.3 Å². The maximum absolute atomic E-state index is 9.80. The summed E-state index contributed by atoms with van der Waals surface area (Å²) in [4.78, 5) is 4.84. The highest BCUT2D eigenvalue weighted by molar-refractivity contribution is 7.08. The van der Waals surface area contributed by atoms with E-state index in [4.69, 9.17) is 4.98 Å². The lowest BCUT2D eigenvalue weighted by atomic mass is 10.0. The Morgan fingerprint density at radius 2 is 1.42 bits per heavy atom. The molecule has 0 aliphatic carbocycles. The number of hydrogen-bond acceptors (Lipinski definition) is 3. The smallest absolute Gasteiger partial charge is 0.116 e. The Labute approximate surface area is 144 Å². The van der Waals surface area contributed by atoms with E-state index in [-0.39, 0.29) is 5.75 Å². The monoisotopic (exact) mass is 329 g/mol. The number of hydrogen-bond donors (Lipinski definition) is 1. The first-order valence-corrected chi connectivity index (χ1v) is 8.63. The van der Waals surface area contributed by atoms with E-state index in [1.807, 2.05) is 30.3 Å². The van der Waals surface area contributed by atoms with Crippen molar-refractivity contribution in [1.82, 2.24) is 4.98 Å². The second-order valence-electron chi connectivity index (χ2n) is 5.55. The molecule has 0 bridgehead atoms. The van der Waals surface area contributed by atoms with Crippen molar-refractivity contribution < 1.29 is 5.11 Å². The van der Waals surface area contributed by atoms with Crippen molar-refractivity contribution in [3.63, 3.8) is 0 Å². The highest BCUT2D eigenvalue weighted by Crippen LogP contribution is 2.31. The predicted molar refractivity (Wildman–Crippen MR) is 100 cm³/mol. The van der Waals surface area contributed by atoms with Crippen LogP contribution in [-0.4, -0.2) is 10.1 Å². The zero-order chi connectivity index (χ0) is 16.4. The van der Waals surface area contributed by atoms with Crippen molar-refractivity contribution >= 4 is 11.3 Å². The molecule has 3 heteroatoms. The standard InChI is InChI=1S/C21H15NOS/c23-19-8-4-7-16(11-19)18-12-20(15-5-2-1-3-6-15)22-21(13-18)17-9-10-24-14-17/h1-14,23H. The number of rotatable bonds is 3. The molecule has 2 nitrogen and oxygen atoms in total. The highest BCUT2D eigenvalue weighted by Gasteiger charge is 2.09. The van der Waals surface area contributed by atoms with E-state index in [1.54, 1.807) is 23.5 Å². The Bertz CT molecular complexity index is 962. The highest BCUT2D eigenvalue weighted by atomic mass is 32.1. The van der Waals surface area contributed by atoms with Gasteiger partial charge in [0.2, 0.25) is 0 Å². The maximum Gasteiger partial charge on any atom is 0.116 e. The summed E-state index contributed by atoms with van der Waals surface area (Å²) in [6.45, 7) is 0. The molecule has 0 unspecified atom stereocenters. The van der Waals surface area contributed by atoms with Crippen LogP contribution in [-0.2, 0) is 0 Å². The number of benzene rings is 2. The molecule has 0 spiro atoms. The van der Waals surface area contributed by atoms with Gasteiger partial charge in [-0.3, -0.25) is 0 Å². The molecule has 4 aromatic rings. The normalized spacial score (nSPS) is 10.7. The number of pyridine rings is 1. The lowest BCUT2D eigenvalue weighted by Gasteiger charge is -2.09. The molecule has 0 fully saturated rings. The van der Waals surface area contributed by atoms with Crippen molar-refractivity contribution in [2.45, 2.75) is 0 Å². The fourth-order valence-electron chi connectivity index (χ4n) is 2.70. The van der Waals surface area contributed by atoms with Gasteiger partial charge in [0, 0.05) is 16.5 Å². The van der Waals surface area contributed by atoms with E-state index < -0.39 is 0 Å². The molecule has 0 aliphatic heterocycles. The third-order valence-electron chi connectivity index (χ3n) is 3.89. The van der Waals surface area contributed by atoms with E-state index in [2.05, 4.69) is 41.1 Å². The summed E-state index contributed by atoms with van der Waals surface area (Å²) in [7, 11) is 0. The summed E-state index contributed by atoms with van der Waals surface area (Å²) in [5, 5.41) is 14.0. The van der Waals surface area contributed by atoms with Gasteiger partial charge in [-0.05, 0) is 46.8 Å². The van der Waals surface area contributed by atoms with Crippen LogP contribution in [0.2, 0.25) is 0 Å². The predicted octanol–water partition coefficient (Wildman–Crippen LogP) is 5.85. The maximum atomic E-state index is 9.80. The molecular formula is C21H15NOS. The second kappa shape index (κ2) is 6.30. The van der Waals surface area contributed by atoms with E-state index in [0.717, 1.165) is 33.6 Å². The minimum atomic E-state index is 0.266. The van der Waals surface area contributed by atoms with Gasteiger partial charge in [-0.15, -0.1) is 0 Å². The molecule has 0 amide bonds. The first-order valence-electron chi connectivity index (χ1n) is 7.69. The summed E-state index contributed by atoms with van der Waals surface area (Å²) >= 11 is 1.66. The number of nitrogens with zero attached hydrogens (tertiary/aromatic N) is 1. The van der Waals surface area contributed by atoms with Crippen molar-refractivity contribution in [3.8, 4) is 39.4 Å². The van der Waals surface area contributed by atoms with Gasteiger partial charge < -0.3 is 5.11 Å². The lowest BCUT2D eigenvalue weighted by molar-refractivity contribution is 0.475. The molecule has 24 heavy (non-hydrogen) atoms. The Kier molecular flexibility index (Phi) is 3.85. The van der Waals surface area contributed by atoms with Crippen LogP contribution in [0.15, 0.2) is 83.6 Å². The van der Waals surface area contributed by atoms with Crippen molar-refractivity contribution in [3.05, 3.63) is 83.6 Å². The van der Waals surface area contributed by atoms with Gasteiger partial charge in [0.05, 0.1) is 11.4 Å². The molecule has 0 saturated carbocycles. The third kappa shape index (κ3) is 2.94. The molecule has 2 heterocycles. The van der Waals surface area contributed by atoms with Gasteiger partial charge in [-0.1, -0.05) is 42.5 Å². The van der Waals surface area contributed by atoms with Crippen LogP contribution < -0.4 is 0 Å². The molecule has 2 aromatic carbocycles. The van der Waals surface area contributed by atoms with E-state index in [0.29, 0.717) is 0 Å². The molecule has 0 aliphatic rings. The Balaban J connectivity index is 1.92. The lowest BCUT2D eigenvalue weighted by Crippen LogP contribution is -1.90. The molecule has 1 N–H and O–H groups in total. The Hall–Kier alpha value is -2.91. The Morgan fingerprint density at radius 3 is 2.12 bits per heavy atom. The van der Waals surface area contributed by atoms with E-state index in [9.17, 15) is 5.11 Å². The summed E-state index contributed by atoms with van der Waals surface area (Å²) < 4.78 is 0. The number of phenols is 1. The average Bonchev–Trinajstić information content (AvgIpc) is 3.17. The zero-order valence-electron chi connectivity index (χ0n) is 12.9. The minimum Gasteiger partial charge on any atom is -0.508 e. The second-order valence-corrected chi connectivity index (χ2v) is 6.33. The van der Waals surface area contributed by atoms with Crippen LogP contribution in [0, 0.1) is 0 Å². The molecule has 116 valence electrons. The quantitative estimate of drug-likeness (QED) is 0.511. The van der Waals surface area contributed by atoms with Gasteiger partial charge in [-0.2, -0.15) is 11.3 Å². The molecule has 0 saturated heterocycles. The van der Waals surface area contributed by atoms with E-state index in [1.165, 1.54) is 0 Å². The van der Waals surface area contributed by atoms with Crippen LogP contribution in [0.5, 0.6) is 5.75 Å². The van der Waals surface area contributed by atoms with Crippen LogP contribution in [0.3, 0.4) is 0 Å². The largest absolute Gasteiger partial charge is 0.508 e. The summed E-state index contributed by atoms with van der Waals surface area (Å²) in [5.41, 5.74) is 6.08. The van der Waals surface area contributed by atoms with Gasteiger partial charge in [0.15, 0.2) is 0 Å². The van der Waals surface area contributed by atoms with Crippen molar-refractivity contribution in [2.24, 2.45) is 0 Å². The topological polar surface area (TPSA) is 33.1 Å². The van der Waals surface area contributed by atoms with Crippen LogP contribution in [0.25, 0.3) is 33.6 Å². The van der Waals surface area contributed by atoms with Crippen molar-refractivity contribution in [1.29, 1.82) is 0 Å². The van der Waals surface area contributed by atoms with Crippen LogP contribution in [0.1, 0.15) is 0 Å². The molecule has 0 atom stereocenters.